The lowest BCUT2D eigenvalue weighted by molar-refractivity contribution is -0.00126. The summed E-state index contributed by atoms with van der Waals surface area (Å²) >= 11 is 1.77. The van der Waals surface area contributed by atoms with E-state index in [-0.39, 0.29) is 6.10 Å². The molecular weight excluding hydrogens is 336 g/mol. The number of thiophene rings is 1. The monoisotopic (exact) mass is 360 g/mol. The third-order valence-electron chi connectivity index (χ3n) is 5.71. The topological polar surface area (TPSA) is 59.5 Å². The molecule has 1 aliphatic carbocycles. The number of fused-ring (bicyclic) bond motifs is 3. The highest BCUT2D eigenvalue weighted by Crippen LogP contribution is 2.38. The van der Waals surface area contributed by atoms with E-state index in [1.54, 1.807) is 17.7 Å². The van der Waals surface area contributed by atoms with Crippen LogP contribution in [0.2, 0.25) is 0 Å². The second kappa shape index (κ2) is 6.79. The number of aromatic nitrogens is 2. The molecule has 1 saturated heterocycles. The lowest BCUT2D eigenvalue weighted by Crippen LogP contribution is -2.46. The van der Waals surface area contributed by atoms with Crippen molar-refractivity contribution in [2.24, 2.45) is 0 Å². The molecule has 0 aromatic carbocycles. The summed E-state index contributed by atoms with van der Waals surface area (Å²) in [5, 5.41) is 4.56. The number of hydrogen-bond acceptors (Lipinski definition) is 7. The van der Waals surface area contributed by atoms with Gasteiger partial charge < -0.3 is 14.8 Å². The molecule has 1 N–H and O–H groups in total. The fraction of sp³-hybridized carbons (Fsp3) is 0.667. The molecule has 0 radical (unpaired) electrons. The Hall–Kier alpha value is -1.28. The maximum Gasteiger partial charge on any atom is 0.225 e. The first kappa shape index (κ1) is 15.9. The average molecular weight is 360 g/mol. The van der Waals surface area contributed by atoms with Crippen LogP contribution in [0.3, 0.4) is 0 Å². The van der Waals surface area contributed by atoms with Gasteiger partial charge in [0.25, 0.3) is 0 Å². The molecule has 1 saturated carbocycles. The molecule has 5 rings (SSSR count). The molecule has 2 aromatic rings. The van der Waals surface area contributed by atoms with Crippen LogP contribution < -0.4 is 10.1 Å². The third kappa shape index (κ3) is 3.03. The van der Waals surface area contributed by atoms with Gasteiger partial charge in [-0.2, -0.15) is 0 Å². The minimum atomic E-state index is 0.278. The van der Waals surface area contributed by atoms with Crippen molar-refractivity contribution < 1.29 is 9.47 Å². The van der Waals surface area contributed by atoms with Gasteiger partial charge in [-0.3, -0.25) is 4.90 Å². The van der Waals surface area contributed by atoms with Crippen molar-refractivity contribution in [3.8, 4) is 5.88 Å². The Morgan fingerprint density at radius 2 is 1.96 bits per heavy atom. The summed E-state index contributed by atoms with van der Waals surface area (Å²) in [7, 11) is 0. The van der Waals surface area contributed by atoms with Gasteiger partial charge in [-0.15, -0.1) is 11.3 Å². The lowest BCUT2D eigenvalue weighted by Gasteiger charge is -2.38. The Bertz CT molecular complexity index is 751. The van der Waals surface area contributed by atoms with E-state index in [1.807, 2.05) is 0 Å². The van der Waals surface area contributed by atoms with E-state index in [9.17, 15) is 0 Å². The summed E-state index contributed by atoms with van der Waals surface area (Å²) in [6.45, 7) is 5.77. The van der Waals surface area contributed by atoms with Crippen molar-refractivity contribution in [1.82, 2.24) is 20.2 Å². The molecule has 0 bridgehead atoms. The van der Waals surface area contributed by atoms with E-state index in [2.05, 4.69) is 20.2 Å². The van der Waals surface area contributed by atoms with Crippen molar-refractivity contribution in [3.05, 3.63) is 16.8 Å². The number of ether oxygens (including phenoxy) is 2. The highest BCUT2D eigenvalue weighted by molar-refractivity contribution is 7.18. The van der Waals surface area contributed by atoms with Crippen molar-refractivity contribution in [2.45, 2.75) is 50.9 Å². The van der Waals surface area contributed by atoms with Crippen LogP contribution >= 0.6 is 11.3 Å². The first-order valence-electron chi connectivity index (χ1n) is 9.33. The molecule has 4 heterocycles. The van der Waals surface area contributed by atoms with Crippen LogP contribution in [0.4, 0.5) is 0 Å². The van der Waals surface area contributed by atoms with Gasteiger partial charge in [0, 0.05) is 37.1 Å². The molecule has 6 nitrogen and oxygen atoms in total. The van der Waals surface area contributed by atoms with Crippen LogP contribution in [0.1, 0.15) is 36.1 Å². The zero-order chi connectivity index (χ0) is 16.6. The highest BCUT2D eigenvalue weighted by Gasteiger charge is 2.29. The van der Waals surface area contributed by atoms with Crippen molar-refractivity contribution in [2.75, 3.05) is 26.3 Å². The van der Waals surface area contributed by atoms with E-state index >= 15 is 0 Å². The molecule has 3 aliphatic rings. The fourth-order valence-corrected chi connectivity index (χ4v) is 5.47. The maximum absolute atomic E-state index is 6.37. The van der Waals surface area contributed by atoms with Crippen LogP contribution in [0.5, 0.6) is 5.88 Å². The zero-order valence-corrected chi connectivity index (χ0v) is 15.2. The summed E-state index contributed by atoms with van der Waals surface area (Å²) in [6, 6.07) is 0.698. The van der Waals surface area contributed by atoms with E-state index in [0.29, 0.717) is 6.04 Å². The van der Waals surface area contributed by atoms with Gasteiger partial charge >= 0.3 is 0 Å². The van der Waals surface area contributed by atoms with Gasteiger partial charge in [-0.05, 0) is 31.2 Å². The Morgan fingerprint density at radius 3 is 2.80 bits per heavy atom. The molecule has 0 atom stereocenters. The molecular formula is C18H24N4O2S. The Labute approximate surface area is 151 Å². The Morgan fingerprint density at radius 1 is 1.12 bits per heavy atom. The van der Waals surface area contributed by atoms with E-state index in [4.69, 9.17) is 9.47 Å². The Kier molecular flexibility index (Phi) is 4.33. The predicted octanol–water partition coefficient (Wildman–Crippen LogP) is 2.32. The minimum absolute atomic E-state index is 0.278. The van der Waals surface area contributed by atoms with E-state index in [0.717, 1.165) is 68.3 Å². The number of hydrogen-bond donors (Lipinski definition) is 1. The van der Waals surface area contributed by atoms with E-state index < -0.39 is 0 Å². The smallest absolute Gasteiger partial charge is 0.225 e. The molecule has 0 amide bonds. The summed E-state index contributed by atoms with van der Waals surface area (Å²) in [6.07, 6.45) is 6.57. The molecule has 0 unspecified atom stereocenters. The van der Waals surface area contributed by atoms with Gasteiger partial charge in [0.2, 0.25) is 5.88 Å². The van der Waals surface area contributed by atoms with Gasteiger partial charge in [-0.25, -0.2) is 9.97 Å². The number of rotatable bonds is 3. The Balaban J connectivity index is 1.28. The predicted molar refractivity (Wildman–Crippen MR) is 97.0 cm³/mol. The molecule has 2 aliphatic heterocycles. The van der Waals surface area contributed by atoms with Crippen molar-refractivity contribution in [3.63, 3.8) is 0 Å². The third-order valence-corrected chi connectivity index (χ3v) is 6.85. The maximum atomic E-state index is 6.37. The van der Waals surface area contributed by atoms with Gasteiger partial charge in [0.05, 0.1) is 18.6 Å². The molecule has 25 heavy (non-hydrogen) atoms. The normalized spacial score (nSPS) is 27.5. The summed E-state index contributed by atoms with van der Waals surface area (Å²) < 4.78 is 11.8. The average Bonchev–Trinajstić information content (AvgIpc) is 3.24. The largest absolute Gasteiger partial charge is 0.474 e. The molecule has 2 aromatic heterocycles. The first-order chi connectivity index (χ1) is 12.4. The standard InChI is InChI=1S/C18H24N4O2S/c1-3-13(4-2-12(1)22-5-7-23-8-6-22)24-17-16-14-9-19-10-15(14)25-18(16)21-11-20-17/h11-13,19H,1-10H2/t12-,13-. The first-order valence-corrected chi connectivity index (χ1v) is 10.1. The molecule has 134 valence electrons. The second-order valence-electron chi connectivity index (χ2n) is 7.16. The number of nitrogens with zero attached hydrogens (tertiary/aromatic N) is 3. The van der Waals surface area contributed by atoms with Crippen LogP contribution in [-0.2, 0) is 17.8 Å². The summed E-state index contributed by atoms with van der Waals surface area (Å²) in [5.41, 5.74) is 1.35. The second-order valence-corrected chi connectivity index (χ2v) is 8.25. The number of morpholine rings is 1. The lowest BCUT2D eigenvalue weighted by atomic mass is 9.91. The van der Waals surface area contributed by atoms with Crippen LogP contribution in [-0.4, -0.2) is 53.3 Å². The quantitative estimate of drug-likeness (QED) is 0.906. The van der Waals surface area contributed by atoms with Crippen molar-refractivity contribution in [1.29, 1.82) is 0 Å². The summed E-state index contributed by atoms with van der Waals surface area (Å²) in [5.74, 6) is 0.793. The summed E-state index contributed by atoms with van der Waals surface area (Å²) in [4.78, 5) is 14.0. The van der Waals surface area contributed by atoms with Crippen molar-refractivity contribution >= 4 is 21.6 Å². The van der Waals surface area contributed by atoms with Crippen LogP contribution in [0.25, 0.3) is 10.2 Å². The SMILES string of the molecule is c1nc(O[C@H]2CC[C@H](N3CCOCC3)CC2)c2c3c(sc2n1)CNC3. The van der Waals surface area contributed by atoms with E-state index in [1.165, 1.54) is 23.3 Å². The minimum Gasteiger partial charge on any atom is -0.474 e. The fourth-order valence-electron chi connectivity index (χ4n) is 4.36. The van der Waals surface area contributed by atoms with Crippen LogP contribution in [0, 0.1) is 0 Å². The van der Waals surface area contributed by atoms with Gasteiger partial charge in [0.1, 0.15) is 17.3 Å². The van der Waals surface area contributed by atoms with Gasteiger partial charge in [0.15, 0.2) is 0 Å². The molecule has 0 spiro atoms. The molecule has 2 fully saturated rings. The van der Waals surface area contributed by atoms with Gasteiger partial charge in [-0.1, -0.05) is 0 Å². The molecule has 7 heteroatoms. The zero-order valence-electron chi connectivity index (χ0n) is 14.4. The number of nitrogens with one attached hydrogen (secondary N) is 1. The highest BCUT2D eigenvalue weighted by atomic mass is 32.1. The van der Waals surface area contributed by atoms with Crippen LogP contribution in [0.15, 0.2) is 6.33 Å².